The molecule has 14 heavy (non-hydrogen) atoms. The molecular formula is C13H28O. The first-order valence-corrected chi connectivity index (χ1v) is 6.13. The third-order valence-corrected chi connectivity index (χ3v) is 4.29. The molecular weight excluding hydrogens is 172 g/mol. The summed E-state index contributed by atoms with van der Waals surface area (Å²) >= 11 is 0. The molecule has 0 rings (SSSR count). The second-order valence-electron chi connectivity index (χ2n) is 4.97. The molecule has 1 nitrogen and oxygen atoms in total. The summed E-state index contributed by atoms with van der Waals surface area (Å²) in [6.45, 7) is 13.2. The van der Waals surface area contributed by atoms with Crippen LogP contribution >= 0.6 is 0 Å². The highest BCUT2D eigenvalue weighted by Crippen LogP contribution is 2.39. The molecule has 0 aromatic heterocycles. The van der Waals surface area contributed by atoms with E-state index in [2.05, 4.69) is 41.5 Å². The maximum absolute atomic E-state index is 10.4. The van der Waals surface area contributed by atoms with Gasteiger partial charge in [0, 0.05) is 0 Å². The van der Waals surface area contributed by atoms with Crippen molar-refractivity contribution in [3.05, 3.63) is 0 Å². The zero-order valence-electron chi connectivity index (χ0n) is 10.8. The first-order valence-electron chi connectivity index (χ1n) is 6.13. The summed E-state index contributed by atoms with van der Waals surface area (Å²) in [5.74, 6) is 0.962. The van der Waals surface area contributed by atoms with E-state index in [1.165, 1.54) is 0 Å². The number of aliphatic hydroxyl groups is 1. The molecule has 1 N–H and O–H groups in total. The van der Waals surface area contributed by atoms with Crippen molar-refractivity contribution in [2.24, 2.45) is 17.3 Å². The Balaban J connectivity index is 4.66. The highest BCUT2D eigenvalue weighted by Gasteiger charge is 2.36. The van der Waals surface area contributed by atoms with Crippen molar-refractivity contribution in [3.63, 3.8) is 0 Å². The van der Waals surface area contributed by atoms with Crippen LogP contribution in [0.4, 0.5) is 0 Å². The lowest BCUT2D eigenvalue weighted by Gasteiger charge is -2.40. The van der Waals surface area contributed by atoms with Gasteiger partial charge in [-0.15, -0.1) is 0 Å². The Kier molecular flexibility index (Phi) is 5.73. The summed E-state index contributed by atoms with van der Waals surface area (Å²) in [5, 5.41) is 10.4. The number of aliphatic hydroxyl groups excluding tert-OH is 1. The van der Waals surface area contributed by atoms with Crippen molar-refractivity contribution in [2.75, 3.05) is 0 Å². The van der Waals surface area contributed by atoms with E-state index >= 15 is 0 Å². The van der Waals surface area contributed by atoms with Gasteiger partial charge in [-0.25, -0.2) is 0 Å². The van der Waals surface area contributed by atoms with Gasteiger partial charge in [0.1, 0.15) is 0 Å². The minimum atomic E-state index is -0.150. The van der Waals surface area contributed by atoms with Gasteiger partial charge in [-0.3, -0.25) is 0 Å². The van der Waals surface area contributed by atoms with Crippen LogP contribution in [-0.2, 0) is 0 Å². The largest absolute Gasteiger partial charge is 0.392 e. The van der Waals surface area contributed by atoms with Gasteiger partial charge in [0.25, 0.3) is 0 Å². The lowest BCUT2D eigenvalue weighted by atomic mass is 9.69. The van der Waals surface area contributed by atoms with Crippen LogP contribution in [0.3, 0.4) is 0 Å². The number of hydrogen-bond acceptors (Lipinski definition) is 1. The Morgan fingerprint density at radius 2 is 1.29 bits per heavy atom. The van der Waals surface area contributed by atoms with E-state index in [1.54, 1.807) is 0 Å². The molecule has 0 saturated heterocycles. The second-order valence-corrected chi connectivity index (χ2v) is 4.97. The lowest BCUT2D eigenvalue weighted by Crippen LogP contribution is -2.40. The average molecular weight is 200 g/mol. The normalized spacial score (nSPS) is 17.1. The molecule has 0 aromatic rings. The van der Waals surface area contributed by atoms with E-state index in [0.717, 1.165) is 19.3 Å². The summed E-state index contributed by atoms with van der Waals surface area (Å²) in [6.07, 6.45) is 3.09. The number of hydrogen-bond donors (Lipinski definition) is 1. The lowest BCUT2D eigenvalue weighted by molar-refractivity contribution is -0.0361. The first kappa shape index (κ1) is 14.0. The molecule has 0 fully saturated rings. The second kappa shape index (κ2) is 5.75. The Morgan fingerprint density at radius 3 is 1.50 bits per heavy atom. The molecule has 0 radical (unpaired) electrons. The van der Waals surface area contributed by atoms with Gasteiger partial charge in [-0.05, 0) is 36.5 Å². The monoisotopic (exact) mass is 200 g/mol. The van der Waals surface area contributed by atoms with Gasteiger partial charge in [0.05, 0.1) is 6.10 Å². The fourth-order valence-corrected chi connectivity index (χ4v) is 2.30. The summed E-state index contributed by atoms with van der Waals surface area (Å²) in [4.78, 5) is 0. The molecule has 86 valence electrons. The van der Waals surface area contributed by atoms with E-state index in [9.17, 15) is 5.11 Å². The first-order chi connectivity index (χ1) is 6.45. The molecule has 2 atom stereocenters. The van der Waals surface area contributed by atoms with Crippen LogP contribution in [0.5, 0.6) is 0 Å². The molecule has 0 aromatic carbocycles. The molecule has 0 aliphatic rings. The highest BCUT2D eigenvalue weighted by atomic mass is 16.3. The molecule has 0 aliphatic heterocycles. The quantitative estimate of drug-likeness (QED) is 0.690. The van der Waals surface area contributed by atoms with Crippen LogP contribution in [-0.4, -0.2) is 11.2 Å². The molecule has 2 unspecified atom stereocenters. The van der Waals surface area contributed by atoms with Crippen LogP contribution in [0.2, 0.25) is 0 Å². The van der Waals surface area contributed by atoms with Crippen molar-refractivity contribution in [3.8, 4) is 0 Å². The van der Waals surface area contributed by atoms with Gasteiger partial charge >= 0.3 is 0 Å². The Morgan fingerprint density at radius 1 is 0.929 bits per heavy atom. The molecule has 0 bridgehead atoms. The van der Waals surface area contributed by atoms with Crippen molar-refractivity contribution in [2.45, 2.75) is 66.9 Å². The van der Waals surface area contributed by atoms with Crippen molar-refractivity contribution < 1.29 is 5.11 Å². The maximum atomic E-state index is 10.4. The zero-order valence-corrected chi connectivity index (χ0v) is 10.8. The Labute approximate surface area is 89.9 Å². The van der Waals surface area contributed by atoms with Crippen molar-refractivity contribution in [1.82, 2.24) is 0 Å². The third-order valence-electron chi connectivity index (χ3n) is 4.29. The maximum Gasteiger partial charge on any atom is 0.0624 e. The van der Waals surface area contributed by atoms with Crippen LogP contribution in [0.15, 0.2) is 0 Å². The Hall–Kier alpha value is -0.0400. The molecule has 0 amide bonds. The molecule has 0 heterocycles. The van der Waals surface area contributed by atoms with E-state index in [1.807, 2.05) is 0 Å². The molecule has 0 spiro atoms. The summed E-state index contributed by atoms with van der Waals surface area (Å²) in [5.41, 5.74) is 0.143. The fraction of sp³-hybridized carbons (Fsp3) is 1.00. The summed E-state index contributed by atoms with van der Waals surface area (Å²) in [6, 6.07) is 0. The molecule has 1 heteroatoms. The van der Waals surface area contributed by atoms with Gasteiger partial charge in [-0.1, -0.05) is 41.5 Å². The van der Waals surface area contributed by atoms with Crippen molar-refractivity contribution >= 4 is 0 Å². The van der Waals surface area contributed by atoms with E-state index in [4.69, 9.17) is 0 Å². The van der Waals surface area contributed by atoms with Crippen LogP contribution in [0.1, 0.15) is 60.8 Å². The number of rotatable bonds is 6. The van der Waals surface area contributed by atoms with Crippen molar-refractivity contribution in [1.29, 1.82) is 0 Å². The molecule has 0 aliphatic carbocycles. The smallest absolute Gasteiger partial charge is 0.0624 e. The van der Waals surface area contributed by atoms with Gasteiger partial charge in [0.15, 0.2) is 0 Å². The zero-order chi connectivity index (χ0) is 11.4. The predicted molar refractivity (Wildman–Crippen MR) is 63.3 cm³/mol. The van der Waals surface area contributed by atoms with Gasteiger partial charge < -0.3 is 5.11 Å². The van der Waals surface area contributed by atoms with Crippen LogP contribution < -0.4 is 0 Å². The van der Waals surface area contributed by atoms with E-state index in [-0.39, 0.29) is 11.5 Å². The van der Waals surface area contributed by atoms with Gasteiger partial charge in [-0.2, -0.15) is 0 Å². The summed E-state index contributed by atoms with van der Waals surface area (Å²) in [7, 11) is 0. The van der Waals surface area contributed by atoms with E-state index in [0.29, 0.717) is 11.8 Å². The minimum Gasteiger partial charge on any atom is -0.392 e. The van der Waals surface area contributed by atoms with Crippen LogP contribution in [0.25, 0.3) is 0 Å². The summed E-state index contributed by atoms with van der Waals surface area (Å²) < 4.78 is 0. The minimum absolute atomic E-state index is 0.143. The standard InChI is InChI=1S/C13H28O/c1-7-13(8-2,9-3)12(14)11(6)10(4)5/h10-12,14H,7-9H2,1-6H3. The third kappa shape index (κ3) is 2.73. The topological polar surface area (TPSA) is 20.2 Å². The van der Waals surface area contributed by atoms with E-state index < -0.39 is 0 Å². The molecule has 0 saturated carbocycles. The SMILES string of the molecule is CCC(CC)(CC)C(O)C(C)C(C)C. The van der Waals surface area contributed by atoms with Crippen LogP contribution in [0, 0.1) is 17.3 Å². The fourth-order valence-electron chi connectivity index (χ4n) is 2.30. The predicted octanol–water partition coefficient (Wildman–Crippen LogP) is 3.86. The van der Waals surface area contributed by atoms with Gasteiger partial charge in [0.2, 0.25) is 0 Å². The highest BCUT2D eigenvalue weighted by molar-refractivity contribution is 4.87. The average Bonchev–Trinajstić information content (AvgIpc) is 2.19. The Bertz CT molecular complexity index is 139.